The molecule has 1 aromatic rings. The highest BCUT2D eigenvalue weighted by atomic mass is 16.5. The monoisotopic (exact) mass is 282 g/mol. The zero-order valence-electron chi connectivity index (χ0n) is 12.9. The first-order valence-electron chi connectivity index (χ1n) is 7.13. The van der Waals surface area contributed by atoms with E-state index in [4.69, 9.17) is 4.74 Å². The molecule has 6 heteroatoms. The Bertz CT molecular complexity index is 412. The lowest BCUT2D eigenvalue weighted by molar-refractivity contribution is 0.153. The number of aliphatic hydroxyl groups is 1. The predicted octanol–water partition coefficient (Wildman–Crippen LogP) is 1.59. The molecular formula is C14H26N4O2. The molecule has 0 saturated heterocycles. The summed E-state index contributed by atoms with van der Waals surface area (Å²) in [6, 6.07) is -0.169. The molecule has 0 aromatic carbocycles. The average molecular weight is 282 g/mol. The number of nitrogens with one attached hydrogen (secondary N) is 2. The van der Waals surface area contributed by atoms with Crippen molar-refractivity contribution in [3.05, 3.63) is 11.4 Å². The van der Waals surface area contributed by atoms with E-state index in [0.29, 0.717) is 6.61 Å². The van der Waals surface area contributed by atoms with Gasteiger partial charge in [0.1, 0.15) is 17.5 Å². The van der Waals surface area contributed by atoms with Crippen LogP contribution >= 0.6 is 0 Å². The van der Waals surface area contributed by atoms with Crippen molar-refractivity contribution in [2.75, 3.05) is 37.5 Å². The second kappa shape index (κ2) is 8.71. The first-order chi connectivity index (χ1) is 9.65. The van der Waals surface area contributed by atoms with E-state index in [9.17, 15) is 5.11 Å². The Morgan fingerprint density at radius 3 is 2.50 bits per heavy atom. The number of nitrogens with zero attached hydrogens (tertiary/aromatic N) is 2. The van der Waals surface area contributed by atoms with E-state index in [1.807, 2.05) is 13.8 Å². The number of aromatic nitrogens is 2. The minimum absolute atomic E-state index is 0.00304. The highest BCUT2D eigenvalue weighted by molar-refractivity contribution is 5.57. The van der Waals surface area contributed by atoms with Gasteiger partial charge in [-0.25, -0.2) is 9.97 Å². The van der Waals surface area contributed by atoms with Crippen LogP contribution in [0.3, 0.4) is 0 Å². The van der Waals surface area contributed by atoms with E-state index in [1.54, 1.807) is 7.11 Å². The summed E-state index contributed by atoms with van der Waals surface area (Å²) < 4.78 is 5.08. The van der Waals surface area contributed by atoms with Crippen LogP contribution in [0.2, 0.25) is 0 Å². The van der Waals surface area contributed by atoms with Gasteiger partial charge in [0.25, 0.3) is 0 Å². The first-order valence-corrected chi connectivity index (χ1v) is 7.13. The molecule has 0 aliphatic heterocycles. The predicted molar refractivity (Wildman–Crippen MR) is 81.3 cm³/mol. The quantitative estimate of drug-likeness (QED) is 0.638. The zero-order chi connectivity index (χ0) is 15.0. The summed E-state index contributed by atoms with van der Waals surface area (Å²) in [6.45, 7) is 7.35. The van der Waals surface area contributed by atoms with Gasteiger partial charge in [0.15, 0.2) is 0 Å². The number of aryl methyl sites for hydroxylation is 1. The summed E-state index contributed by atoms with van der Waals surface area (Å²) in [4.78, 5) is 9.08. The lowest BCUT2D eigenvalue weighted by Crippen LogP contribution is -2.30. The summed E-state index contributed by atoms with van der Waals surface area (Å²) in [5, 5.41) is 15.8. The molecule has 20 heavy (non-hydrogen) atoms. The van der Waals surface area contributed by atoms with Crippen LogP contribution in [0.15, 0.2) is 0 Å². The highest BCUT2D eigenvalue weighted by Gasteiger charge is 2.14. The fraction of sp³-hybridized carbons (Fsp3) is 0.714. The van der Waals surface area contributed by atoms with Crippen LogP contribution < -0.4 is 10.6 Å². The molecule has 0 bridgehead atoms. The maximum atomic E-state index is 9.35. The van der Waals surface area contributed by atoms with Gasteiger partial charge in [-0.1, -0.05) is 6.92 Å². The Morgan fingerprint density at radius 2 is 1.95 bits per heavy atom. The van der Waals surface area contributed by atoms with E-state index >= 15 is 0 Å². The normalized spacial score (nSPS) is 12.2. The van der Waals surface area contributed by atoms with Crippen LogP contribution in [0.4, 0.5) is 11.6 Å². The summed E-state index contributed by atoms with van der Waals surface area (Å²) in [5.74, 6) is 2.42. The number of hydrogen-bond acceptors (Lipinski definition) is 6. The number of anilines is 2. The fourth-order valence-electron chi connectivity index (χ4n) is 1.91. The van der Waals surface area contributed by atoms with Gasteiger partial charge in [0, 0.05) is 25.6 Å². The van der Waals surface area contributed by atoms with Gasteiger partial charge in [-0.15, -0.1) is 0 Å². The summed E-state index contributed by atoms with van der Waals surface area (Å²) in [6.07, 6.45) is 1.83. The Kier molecular flexibility index (Phi) is 7.25. The number of hydrogen-bond donors (Lipinski definition) is 3. The molecule has 1 unspecified atom stereocenters. The van der Waals surface area contributed by atoms with Gasteiger partial charge in [-0.2, -0.15) is 0 Å². The maximum Gasteiger partial charge on any atom is 0.135 e. The molecule has 1 heterocycles. The number of aliphatic hydroxyl groups excluding tert-OH is 1. The lowest BCUT2D eigenvalue weighted by atomic mass is 10.2. The standard InChI is InChI=1S/C14H26N4O2/c1-5-7-12-17-13(15-6-2)10(3)14(18-12)16-11(8-19)9-20-4/h11,19H,5-9H2,1-4H3,(H2,15,16,17,18). The molecule has 0 aliphatic carbocycles. The van der Waals surface area contributed by atoms with E-state index < -0.39 is 0 Å². The van der Waals surface area contributed by atoms with Gasteiger partial charge in [-0.05, 0) is 20.3 Å². The first kappa shape index (κ1) is 16.7. The van der Waals surface area contributed by atoms with Gasteiger partial charge in [0.05, 0.1) is 19.3 Å². The van der Waals surface area contributed by atoms with Crippen molar-refractivity contribution in [3.8, 4) is 0 Å². The van der Waals surface area contributed by atoms with E-state index in [-0.39, 0.29) is 12.6 Å². The Morgan fingerprint density at radius 1 is 1.25 bits per heavy atom. The molecule has 0 aliphatic rings. The van der Waals surface area contributed by atoms with Crippen molar-refractivity contribution >= 4 is 11.6 Å². The van der Waals surface area contributed by atoms with Crippen LogP contribution in [0.1, 0.15) is 31.7 Å². The largest absolute Gasteiger partial charge is 0.394 e. The molecule has 3 N–H and O–H groups in total. The summed E-state index contributed by atoms with van der Waals surface area (Å²) in [5.41, 5.74) is 0.959. The maximum absolute atomic E-state index is 9.35. The van der Waals surface area contributed by atoms with Crippen LogP contribution in [-0.2, 0) is 11.2 Å². The van der Waals surface area contributed by atoms with E-state index in [1.165, 1.54) is 0 Å². The van der Waals surface area contributed by atoms with Crippen molar-refractivity contribution in [1.82, 2.24) is 9.97 Å². The summed E-state index contributed by atoms with van der Waals surface area (Å²) in [7, 11) is 1.61. The molecule has 0 spiro atoms. The van der Waals surface area contributed by atoms with Crippen molar-refractivity contribution in [1.29, 1.82) is 0 Å². The number of methoxy groups -OCH3 is 1. The minimum atomic E-state index is -0.169. The van der Waals surface area contributed by atoms with Gasteiger partial charge in [0.2, 0.25) is 0 Å². The third-order valence-electron chi connectivity index (χ3n) is 2.94. The Hall–Kier alpha value is -1.40. The average Bonchev–Trinajstić information content (AvgIpc) is 2.43. The van der Waals surface area contributed by atoms with E-state index in [0.717, 1.165) is 42.4 Å². The fourth-order valence-corrected chi connectivity index (χ4v) is 1.91. The number of rotatable bonds is 9. The molecule has 1 aromatic heterocycles. The van der Waals surface area contributed by atoms with Crippen molar-refractivity contribution in [2.24, 2.45) is 0 Å². The second-order valence-electron chi connectivity index (χ2n) is 4.72. The van der Waals surface area contributed by atoms with Crippen LogP contribution in [-0.4, -0.2) is 48.0 Å². The minimum Gasteiger partial charge on any atom is -0.394 e. The molecule has 0 amide bonds. The number of ether oxygens (including phenoxy) is 1. The topological polar surface area (TPSA) is 79.3 Å². The molecule has 0 saturated carbocycles. The molecule has 0 fully saturated rings. The van der Waals surface area contributed by atoms with E-state index in [2.05, 4.69) is 27.5 Å². The molecular weight excluding hydrogens is 256 g/mol. The lowest BCUT2D eigenvalue weighted by Gasteiger charge is -2.19. The molecule has 1 rings (SSSR count). The van der Waals surface area contributed by atoms with Crippen LogP contribution in [0, 0.1) is 6.92 Å². The third kappa shape index (κ3) is 4.61. The third-order valence-corrected chi connectivity index (χ3v) is 2.94. The smallest absolute Gasteiger partial charge is 0.135 e. The second-order valence-corrected chi connectivity index (χ2v) is 4.72. The van der Waals surface area contributed by atoms with Gasteiger partial charge < -0.3 is 20.5 Å². The molecule has 6 nitrogen and oxygen atoms in total. The van der Waals surface area contributed by atoms with Gasteiger partial charge >= 0.3 is 0 Å². The molecule has 1 atom stereocenters. The molecule has 114 valence electrons. The van der Waals surface area contributed by atoms with Crippen LogP contribution in [0.25, 0.3) is 0 Å². The summed E-state index contributed by atoms with van der Waals surface area (Å²) >= 11 is 0. The SMILES string of the molecule is CCCc1nc(NCC)c(C)c(NC(CO)COC)n1. The van der Waals surface area contributed by atoms with Crippen molar-refractivity contribution < 1.29 is 9.84 Å². The van der Waals surface area contributed by atoms with Gasteiger partial charge in [-0.3, -0.25) is 0 Å². The molecule has 0 radical (unpaired) electrons. The highest BCUT2D eigenvalue weighted by Crippen LogP contribution is 2.21. The Labute approximate surface area is 121 Å². The van der Waals surface area contributed by atoms with Crippen molar-refractivity contribution in [2.45, 2.75) is 39.7 Å². The zero-order valence-corrected chi connectivity index (χ0v) is 12.9. The van der Waals surface area contributed by atoms with Crippen molar-refractivity contribution in [3.63, 3.8) is 0 Å². The Balaban J connectivity index is 3.02. The van der Waals surface area contributed by atoms with Crippen LogP contribution in [0.5, 0.6) is 0 Å².